The van der Waals surface area contributed by atoms with E-state index in [1.54, 1.807) is 11.3 Å². The fraction of sp³-hybridized carbons (Fsp3) is 0.600. The van der Waals surface area contributed by atoms with Crippen molar-refractivity contribution in [3.05, 3.63) is 29.3 Å². The second-order valence-electron chi connectivity index (χ2n) is 10.9. The minimum absolute atomic E-state index is 0.0756. The Kier molecular flexibility index (Phi) is 4.32. The molecule has 6 aliphatic rings. The summed E-state index contributed by atoms with van der Waals surface area (Å²) in [6, 6.07) is 7.79. The molecular weight excluding hydrogens is 436 g/mol. The van der Waals surface area contributed by atoms with Crippen LogP contribution in [0.25, 0.3) is 10.2 Å². The van der Waals surface area contributed by atoms with Crippen LogP contribution in [0.1, 0.15) is 62.4 Å². The summed E-state index contributed by atoms with van der Waals surface area (Å²) in [7, 11) is 0. The SMILES string of the molecule is O=C1C(=O)N(C23CC4CC(CC(C4)C2)C3)C(=O)N1CN1CCC[C@H]1c1nc2ccccc2s1. The second-order valence-corrected chi connectivity index (χ2v) is 12.0. The van der Waals surface area contributed by atoms with Crippen LogP contribution in [-0.2, 0) is 9.59 Å². The van der Waals surface area contributed by atoms with Gasteiger partial charge < -0.3 is 0 Å². The molecule has 2 aliphatic heterocycles. The van der Waals surface area contributed by atoms with Gasteiger partial charge in [0, 0.05) is 6.54 Å². The van der Waals surface area contributed by atoms with Gasteiger partial charge >= 0.3 is 17.8 Å². The van der Waals surface area contributed by atoms with E-state index in [-0.39, 0.29) is 18.7 Å². The first-order valence-corrected chi connectivity index (χ1v) is 13.1. The Morgan fingerprint density at radius 3 is 2.36 bits per heavy atom. The van der Waals surface area contributed by atoms with Gasteiger partial charge in [-0.1, -0.05) is 12.1 Å². The quantitative estimate of drug-likeness (QED) is 0.502. The Balaban J connectivity index is 1.15. The van der Waals surface area contributed by atoms with Crippen LogP contribution in [0.15, 0.2) is 24.3 Å². The average Bonchev–Trinajstić information content (AvgIpc) is 3.46. The first-order valence-electron chi connectivity index (χ1n) is 12.3. The van der Waals surface area contributed by atoms with Crippen LogP contribution in [0, 0.1) is 17.8 Å². The standard InChI is InChI=1S/C25H28N4O3S/c30-22-23(31)29(25-11-15-8-16(12-25)10-17(9-15)13-25)24(32)28(22)14-27-7-3-5-19(27)21-26-18-4-1-2-6-20(18)33-21/h1-2,4,6,15-17,19H,3,5,7-14H2/t15?,16?,17?,19-,25?/m0/s1. The molecule has 1 aromatic carbocycles. The zero-order chi connectivity index (χ0) is 22.3. The highest BCUT2D eigenvalue weighted by molar-refractivity contribution is 7.18. The van der Waals surface area contributed by atoms with Gasteiger partial charge in [0.15, 0.2) is 0 Å². The molecule has 33 heavy (non-hydrogen) atoms. The van der Waals surface area contributed by atoms with E-state index in [2.05, 4.69) is 11.0 Å². The van der Waals surface area contributed by atoms with Crippen molar-refractivity contribution in [1.82, 2.24) is 19.7 Å². The van der Waals surface area contributed by atoms with Crippen LogP contribution in [0.3, 0.4) is 0 Å². The monoisotopic (exact) mass is 464 g/mol. The number of carbonyl (C=O) groups is 3. The molecule has 3 heterocycles. The van der Waals surface area contributed by atoms with E-state index in [0.717, 1.165) is 53.9 Å². The molecule has 0 radical (unpaired) electrons. The van der Waals surface area contributed by atoms with Crippen molar-refractivity contribution in [2.24, 2.45) is 17.8 Å². The fourth-order valence-electron chi connectivity index (χ4n) is 7.88. The number of carbonyl (C=O) groups excluding carboxylic acids is 3. The highest BCUT2D eigenvalue weighted by Gasteiger charge is 2.61. The van der Waals surface area contributed by atoms with Gasteiger partial charge in [-0.2, -0.15) is 0 Å². The number of urea groups is 1. The maximum absolute atomic E-state index is 13.6. The van der Waals surface area contributed by atoms with Crippen molar-refractivity contribution in [2.75, 3.05) is 13.2 Å². The molecule has 4 saturated carbocycles. The van der Waals surface area contributed by atoms with Crippen LogP contribution in [0.4, 0.5) is 4.79 Å². The molecule has 0 unspecified atom stereocenters. The molecule has 172 valence electrons. The molecule has 0 spiro atoms. The molecule has 4 amide bonds. The molecule has 4 aliphatic carbocycles. The molecule has 6 fully saturated rings. The highest BCUT2D eigenvalue weighted by atomic mass is 32.1. The molecule has 4 bridgehead atoms. The van der Waals surface area contributed by atoms with Gasteiger partial charge in [0.25, 0.3) is 0 Å². The van der Waals surface area contributed by atoms with Gasteiger partial charge in [-0.3, -0.25) is 14.5 Å². The zero-order valence-corrected chi connectivity index (χ0v) is 19.4. The number of likely N-dealkylation sites (tertiary alicyclic amines) is 1. The molecular formula is C25H28N4O3S. The van der Waals surface area contributed by atoms with Crippen LogP contribution >= 0.6 is 11.3 Å². The molecule has 2 aromatic rings. The van der Waals surface area contributed by atoms with Crippen LogP contribution < -0.4 is 0 Å². The predicted octanol–water partition coefficient (Wildman–Crippen LogP) is 4.15. The smallest absolute Gasteiger partial charge is 0.276 e. The number of nitrogens with zero attached hydrogens (tertiary/aromatic N) is 4. The first kappa shape index (κ1) is 20.1. The first-order chi connectivity index (χ1) is 16.0. The number of thiazole rings is 1. The van der Waals surface area contributed by atoms with Crippen molar-refractivity contribution in [1.29, 1.82) is 0 Å². The van der Waals surface area contributed by atoms with E-state index in [4.69, 9.17) is 4.98 Å². The van der Waals surface area contributed by atoms with Gasteiger partial charge in [-0.15, -0.1) is 11.3 Å². The van der Waals surface area contributed by atoms with Crippen LogP contribution in [-0.4, -0.2) is 56.3 Å². The Bertz CT molecular complexity index is 1110. The topological polar surface area (TPSA) is 73.8 Å². The molecule has 1 atom stereocenters. The summed E-state index contributed by atoms with van der Waals surface area (Å²) in [4.78, 5) is 49.4. The van der Waals surface area contributed by atoms with Crippen molar-refractivity contribution in [2.45, 2.75) is 62.9 Å². The summed E-state index contributed by atoms with van der Waals surface area (Å²) in [5.74, 6) is 0.553. The van der Waals surface area contributed by atoms with E-state index >= 15 is 0 Å². The molecule has 1 aromatic heterocycles. The third kappa shape index (κ3) is 2.96. The van der Waals surface area contributed by atoms with Crippen molar-refractivity contribution in [3.8, 4) is 0 Å². The summed E-state index contributed by atoms with van der Waals surface area (Å²) in [5.41, 5.74) is 0.561. The predicted molar refractivity (Wildman–Crippen MR) is 123 cm³/mol. The summed E-state index contributed by atoms with van der Waals surface area (Å²) in [6.45, 7) is 0.968. The molecule has 7 nitrogen and oxygen atoms in total. The number of aromatic nitrogens is 1. The Morgan fingerprint density at radius 2 is 1.67 bits per heavy atom. The molecule has 0 N–H and O–H groups in total. The summed E-state index contributed by atoms with van der Waals surface area (Å²) in [6.07, 6.45) is 8.27. The normalized spacial score (nSPS) is 36.2. The van der Waals surface area contributed by atoms with Gasteiger partial charge in [0.05, 0.1) is 28.5 Å². The largest absolute Gasteiger partial charge is 0.335 e. The van der Waals surface area contributed by atoms with Gasteiger partial charge in [0.1, 0.15) is 5.01 Å². The zero-order valence-electron chi connectivity index (χ0n) is 18.6. The summed E-state index contributed by atoms with van der Waals surface area (Å²) < 4.78 is 1.15. The van der Waals surface area contributed by atoms with E-state index in [1.165, 1.54) is 29.1 Å². The van der Waals surface area contributed by atoms with Crippen molar-refractivity contribution in [3.63, 3.8) is 0 Å². The van der Waals surface area contributed by atoms with E-state index in [1.807, 2.05) is 18.2 Å². The number of hydrogen-bond donors (Lipinski definition) is 0. The summed E-state index contributed by atoms with van der Waals surface area (Å²) >= 11 is 1.68. The Morgan fingerprint density at radius 1 is 0.970 bits per heavy atom. The van der Waals surface area contributed by atoms with Crippen molar-refractivity contribution < 1.29 is 14.4 Å². The number of fused-ring (bicyclic) bond motifs is 1. The Labute approximate surface area is 196 Å². The minimum atomic E-state index is -0.648. The molecule has 8 heteroatoms. The third-order valence-electron chi connectivity index (χ3n) is 8.82. The lowest BCUT2D eigenvalue weighted by molar-refractivity contribution is -0.150. The lowest BCUT2D eigenvalue weighted by atomic mass is 9.52. The Hall–Kier alpha value is -2.32. The minimum Gasteiger partial charge on any atom is -0.276 e. The van der Waals surface area contributed by atoms with Crippen molar-refractivity contribution >= 4 is 39.4 Å². The van der Waals surface area contributed by atoms with Gasteiger partial charge in [-0.25, -0.2) is 19.6 Å². The number of para-hydroxylation sites is 1. The van der Waals surface area contributed by atoms with Crippen LogP contribution in [0.5, 0.6) is 0 Å². The third-order valence-corrected chi connectivity index (χ3v) is 9.95. The van der Waals surface area contributed by atoms with Gasteiger partial charge in [-0.05, 0) is 81.3 Å². The highest BCUT2D eigenvalue weighted by Crippen LogP contribution is 2.58. The van der Waals surface area contributed by atoms with Crippen LogP contribution in [0.2, 0.25) is 0 Å². The van der Waals surface area contributed by atoms with E-state index in [0.29, 0.717) is 17.8 Å². The van der Waals surface area contributed by atoms with Gasteiger partial charge in [0.2, 0.25) is 0 Å². The lowest BCUT2D eigenvalue weighted by Gasteiger charge is -2.58. The molecule has 8 rings (SSSR count). The van der Waals surface area contributed by atoms with E-state index < -0.39 is 17.4 Å². The molecule has 2 saturated heterocycles. The average molecular weight is 465 g/mol. The fourth-order valence-corrected chi connectivity index (χ4v) is 9.01. The number of hydrogen-bond acceptors (Lipinski definition) is 6. The maximum atomic E-state index is 13.6. The number of imide groups is 2. The lowest BCUT2D eigenvalue weighted by Crippen LogP contribution is -2.62. The van der Waals surface area contributed by atoms with E-state index in [9.17, 15) is 14.4 Å². The second kappa shape index (κ2) is 7.09. The number of rotatable bonds is 4. The number of amides is 4. The summed E-state index contributed by atoms with van der Waals surface area (Å²) in [5, 5.41) is 1.03. The maximum Gasteiger partial charge on any atom is 0.335 e. The number of benzene rings is 1.